The minimum absolute atomic E-state index is 0.0158. The summed E-state index contributed by atoms with van der Waals surface area (Å²) in [6.45, 7) is 8.76. The number of rotatable bonds is 9. The van der Waals surface area contributed by atoms with Crippen molar-refractivity contribution in [3.8, 4) is 0 Å². The van der Waals surface area contributed by atoms with Gasteiger partial charge in [-0.25, -0.2) is 0 Å². The quantitative estimate of drug-likeness (QED) is 0.692. The summed E-state index contributed by atoms with van der Waals surface area (Å²) in [5, 5.41) is 2.83. The number of amides is 2. The lowest BCUT2D eigenvalue weighted by molar-refractivity contribution is -0.138. The topological polar surface area (TPSA) is 49.4 Å². The molecule has 0 aromatic heterocycles. The van der Waals surface area contributed by atoms with Crippen LogP contribution in [0.1, 0.15) is 36.1 Å². The summed E-state index contributed by atoms with van der Waals surface area (Å²) in [5.41, 5.74) is 4.60. The molecule has 1 atom stereocenters. The molecule has 0 radical (unpaired) electrons. The maximum atomic E-state index is 13.0. The summed E-state index contributed by atoms with van der Waals surface area (Å²) in [6, 6.07) is 15.9. The molecule has 5 heteroatoms. The molecule has 0 saturated heterocycles. The number of nitrogens with one attached hydrogen (secondary N) is 1. The Kier molecular flexibility index (Phi) is 8.58. The molecule has 28 heavy (non-hydrogen) atoms. The molecule has 150 valence electrons. The number of aryl methyl sites for hydroxylation is 2. The van der Waals surface area contributed by atoms with Crippen molar-refractivity contribution in [2.45, 2.75) is 46.0 Å². The normalized spacial score (nSPS) is 11.7. The van der Waals surface area contributed by atoms with Gasteiger partial charge in [0.25, 0.3) is 0 Å². The number of likely N-dealkylation sites (N-methyl/N-ethyl adjacent to an activating group) is 1. The minimum Gasteiger partial charge on any atom is -0.355 e. The Morgan fingerprint density at radius 3 is 2.25 bits per heavy atom. The molecule has 0 aliphatic carbocycles. The number of carbonyl (C=O) groups is 2. The SMILES string of the molecule is CCNC(=O)C(C)N(Cc1cccc(C)c1)C(=O)CSCc1cccc(C)c1. The number of benzene rings is 2. The fourth-order valence-corrected chi connectivity index (χ4v) is 3.91. The van der Waals surface area contributed by atoms with E-state index in [0.717, 1.165) is 16.9 Å². The number of nitrogens with zero attached hydrogens (tertiary/aromatic N) is 1. The van der Waals surface area contributed by atoms with Crippen LogP contribution in [0.2, 0.25) is 0 Å². The van der Waals surface area contributed by atoms with Crippen molar-refractivity contribution in [2.24, 2.45) is 0 Å². The van der Waals surface area contributed by atoms with Crippen LogP contribution in [0.4, 0.5) is 0 Å². The van der Waals surface area contributed by atoms with Crippen molar-refractivity contribution in [1.29, 1.82) is 0 Å². The third-order valence-electron chi connectivity index (χ3n) is 4.53. The lowest BCUT2D eigenvalue weighted by Crippen LogP contribution is -2.48. The molecule has 2 rings (SSSR count). The zero-order valence-corrected chi connectivity index (χ0v) is 18.0. The molecule has 4 nitrogen and oxygen atoms in total. The Labute approximate surface area is 172 Å². The Morgan fingerprint density at radius 2 is 1.64 bits per heavy atom. The van der Waals surface area contributed by atoms with Gasteiger partial charge in [-0.2, -0.15) is 0 Å². The van der Waals surface area contributed by atoms with Crippen molar-refractivity contribution >= 4 is 23.6 Å². The average Bonchev–Trinajstić information content (AvgIpc) is 2.66. The zero-order valence-electron chi connectivity index (χ0n) is 17.2. The average molecular weight is 399 g/mol. The zero-order chi connectivity index (χ0) is 20.5. The van der Waals surface area contributed by atoms with Crippen LogP contribution in [0.3, 0.4) is 0 Å². The van der Waals surface area contributed by atoms with Gasteiger partial charge in [0.15, 0.2) is 0 Å². The minimum atomic E-state index is -0.507. The van der Waals surface area contributed by atoms with E-state index >= 15 is 0 Å². The Balaban J connectivity index is 2.05. The van der Waals surface area contributed by atoms with Crippen LogP contribution in [0.25, 0.3) is 0 Å². The largest absolute Gasteiger partial charge is 0.355 e. The lowest BCUT2D eigenvalue weighted by Gasteiger charge is -2.28. The summed E-state index contributed by atoms with van der Waals surface area (Å²) in [5.74, 6) is 0.996. The molecule has 0 aliphatic heterocycles. The molecular formula is C23H30N2O2S. The Morgan fingerprint density at radius 1 is 1.04 bits per heavy atom. The van der Waals surface area contributed by atoms with E-state index in [4.69, 9.17) is 0 Å². The Hall–Kier alpha value is -2.27. The molecule has 1 N–H and O–H groups in total. The molecule has 0 fully saturated rings. The van der Waals surface area contributed by atoms with Crippen molar-refractivity contribution in [1.82, 2.24) is 10.2 Å². The number of hydrogen-bond donors (Lipinski definition) is 1. The van der Waals surface area contributed by atoms with Crippen LogP contribution in [0.5, 0.6) is 0 Å². The van der Waals surface area contributed by atoms with Gasteiger partial charge >= 0.3 is 0 Å². The maximum Gasteiger partial charge on any atom is 0.242 e. The van der Waals surface area contributed by atoms with Gasteiger partial charge in [0.05, 0.1) is 5.75 Å². The first-order chi connectivity index (χ1) is 13.4. The predicted octanol–water partition coefficient (Wildman–Crippen LogP) is 4.09. The molecular weight excluding hydrogens is 368 g/mol. The number of hydrogen-bond acceptors (Lipinski definition) is 3. The molecule has 1 unspecified atom stereocenters. The van der Waals surface area contributed by atoms with E-state index in [-0.39, 0.29) is 11.8 Å². The first kappa shape index (κ1) is 22.0. The van der Waals surface area contributed by atoms with Gasteiger partial charge in [-0.15, -0.1) is 11.8 Å². The van der Waals surface area contributed by atoms with Crippen molar-refractivity contribution in [2.75, 3.05) is 12.3 Å². The second-order valence-corrected chi connectivity index (χ2v) is 8.05. The molecule has 2 amide bonds. The third kappa shape index (κ3) is 6.71. The summed E-state index contributed by atoms with van der Waals surface area (Å²) in [7, 11) is 0. The predicted molar refractivity (Wildman–Crippen MR) is 117 cm³/mol. The third-order valence-corrected chi connectivity index (χ3v) is 5.52. The Bertz CT molecular complexity index is 807. The summed E-state index contributed by atoms with van der Waals surface area (Å²) < 4.78 is 0. The van der Waals surface area contributed by atoms with E-state index < -0.39 is 6.04 Å². The van der Waals surface area contributed by atoms with E-state index in [1.54, 1.807) is 23.6 Å². The van der Waals surface area contributed by atoms with Crippen molar-refractivity contribution < 1.29 is 9.59 Å². The fraction of sp³-hybridized carbons (Fsp3) is 0.391. The van der Waals surface area contributed by atoms with Gasteiger partial charge in [0.1, 0.15) is 6.04 Å². The molecule has 0 bridgehead atoms. The first-order valence-electron chi connectivity index (χ1n) is 9.66. The maximum absolute atomic E-state index is 13.0. The standard InChI is InChI=1S/C23H30N2O2S/c1-5-24-23(27)19(4)25(14-20-10-6-8-17(2)12-20)22(26)16-28-15-21-11-7-9-18(3)13-21/h6-13,19H,5,14-16H2,1-4H3,(H,24,27). The van der Waals surface area contributed by atoms with Gasteiger partial charge in [-0.1, -0.05) is 59.7 Å². The highest BCUT2D eigenvalue weighted by atomic mass is 32.2. The highest BCUT2D eigenvalue weighted by molar-refractivity contribution is 7.99. The monoisotopic (exact) mass is 398 g/mol. The molecule has 0 heterocycles. The molecule has 0 aliphatic rings. The number of thioether (sulfide) groups is 1. The van der Waals surface area contributed by atoms with Gasteiger partial charge < -0.3 is 10.2 Å². The molecule has 2 aromatic carbocycles. The van der Waals surface area contributed by atoms with Crippen LogP contribution in [-0.4, -0.2) is 35.1 Å². The summed E-state index contributed by atoms with van der Waals surface area (Å²) in [4.78, 5) is 27.0. The molecule has 2 aromatic rings. The summed E-state index contributed by atoms with van der Waals surface area (Å²) in [6.07, 6.45) is 0. The van der Waals surface area contributed by atoms with E-state index in [1.807, 2.05) is 38.1 Å². The smallest absolute Gasteiger partial charge is 0.242 e. The van der Waals surface area contributed by atoms with Crippen molar-refractivity contribution in [3.05, 3.63) is 70.8 Å². The van der Waals surface area contributed by atoms with Gasteiger partial charge in [-0.05, 0) is 38.8 Å². The van der Waals surface area contributed by atoms with E-state index in [9.17, 15) is 9.59 Å². The van der Waals surface area contributed by atoms with E-state index in [1.165, 1.54) is 11.1 Å². The fourth-order valence-electron chi connectivity index (χ4n) is 3.05. The van der Waals surface area contributed by atoms with E-state index in [2.05, 4.69) is 36.5 Å². The van der Waals surface area contributed by atoms with Crippen LogP contribution in [0, 0.1) is 13.8 Å². The highest BCUT2D eigenvalue weighted by Gasteiger charge is 2.25. The van der Waals surface area contributed by atoms with E-state index in [0.29, 0.717) is 18.8 Å². The van der Waals surface area contributed by atoms with Crippen LogP contribution in [-0.2, 0) is 21.9 Å². The lowest BCUT2D eigenvalue weighted by atomic mass is 10.1. The van der Waals surface area contributed by atoms with Gasteiger partial charge in [0.2, 0.25) is 11.8 Å². The van der Waals surface area contributed by atoms with Crippen LogP contribution in [0.15, 0.2) is 48.5 Å². The second kappa shape index (κ2) is 10.9. The van der Waals surface area contributed by atoms with Gasteiger partial charge in [-0.3, -0.25) is 9.59 Å². The van der Waals surface area contributed by atoms with Gasteiger partial charge in [0, 0.05) is 18.8 Å². The summed E-state index contributed by atoms with van der Waals surface area (Å²) >= 11 is 1.58. The van der Waals surface area contributed by atoms with Crippen molar-refractivity contribution in [3.63, 3.8) is 0 Å². The molecule has 0 spiro atoms. The highest BCUT2D eigenvalue weighted by Crippen LogP contribution is 2.17. The molecule has 0 saturated carbocycles. The second-order valence-electron chi connectivity index (χ2n) is 7.06. The van der Waals surface area contributed by atoms with Crippen LogP contribution >= 0.6 is 11.8 Å². The number of carbonyl (C=O) groups excluding carboxylic acids is 2. The van der Waals surface area contributed by atoms with Crippen LogP contribution < -0.4 is 5.32 Å². The first-order valence-corrected chi connectivity index (χ1v) is 10.8.